The average molecular weight is 1580 g/mol. The van der Waals surface area contributed by atoms with E-state index in [1.807, 2.05) is 0 Å². The topological polar surface area (TPSA) is 614 Å². The van der Waals surface area contributed by atoms with Crippen molar-refractivity contribution in [2.75, 3.05) is 68.3 Å². The second-order valence-electron chi connectivity index (χ2n) is 25.2. The normalized spacial score (nSPS) is 29.9. The van der Waals surface area contributed by atoms with E-state index in [9.17, 15) is 48.4 Å². The van der Waals surface area contributed by atoms with Crippen molar-refractivity contribution in [1.82, 2.24) is 87.2 Å². The Morgan fingerprint density at radius 3 is 1.44 bits per heavy atom. The smallest absolute Gasteiger partial charge is 0.394 e. The lowest BCUT2D eigenvalue weighted by molar-refractivity contribution is -0.125. The number of nitrogen functional groups attached to an aromatic ring is 5. The number of aromatic nitrogens is 18. The van der Waals surface area contributed by atoms with E-state index in [0.717, 1.165) is 4.57 Å². The Morgan fingerprint density at radius 1 is 0.500 bits per heavy atom. The Bertz CT molecular complexity index is 5130. The van der Waals surface area contributed by atoms with Crippen molar-refractivity contribution in [2.45, 2.75) is 149 Å². The summed E-state index contributed by atoms with van der Waals surface area (Å²) in [6.07, 6.45) is -9.02. The molecule has 1 unspecified atom stereocenters. The highest BCUT2D eigenvalue weighted by Gasteiger charge is 2.49. The van der Waals surface area contributed by atoms with Crippen LogP contribution in [-0.2, 0) is 61.0 Å². The van der Waals surface area contributed by atoms with Gasteiger partial charge in [0, 0.05) is 57.1 Å². The van der Waals surface area contributed by atoms with E-state index in [0.29, 0.717) is 0 Å². The third-order valence-electron chi connectivity index (χ3n) is 18.6. The van der Waals surface area contributed by atoms with Crippen LogP contribution in [0.1, 0.15) is 75.9 Å². The first kappa shape index (κ1) is 70.7. The van der Waals surface area contributed by atoms with Gasteiger partial charge in [-0.25, -0.2) is 43.9 Å². The van der Waals surface area contributed by atoms with Gasteiger partial charge in [-0.1, -0.05) is 0 Å². The number of nitrogens with one attached hydrogen (secondary N) is 3. The van der Waals surface area contributed by atoms with Gasteiger partial charge in [-0.2, -0.15) is 19.9 Å². The number of rotatable bonds is 24. The molecule has 0 amide bonds. The summed E-state index contributed by atoms with van der Waals surface area (Å²) in [7, 11) is -5.29. The van der Waals surface area contributed by atoms with Crippen LogP contribution in [0.2, 0.25) is 0 Å². The lowest BCUT2D eigenvalue weighted by atomic mass is 10.1. The van der Waals surface area contributed by atoms with E-state index < -0.39 is 172 Å². The largest absolute Gasteiger partial charge is 0.472 e. The number of H-pyrrole nitrogens is 3. The van der Waals surface area contributed by atoms with Gasteiger partial charge in [-0.15, -0.1) is 0 Å². The molecule has 6 saturated heterocycles. The van der Waals surface area contributed by atoms with Gasteiger partial charge in [0.1, 0.15) is 104 Å². The summed E-state index contributed by atoms with van der Waals surface area (Å²) in [6, 6.07) is 2.83. The molecule has 0 saturated carbocycles. The number of ether oxygens (including phenoxy) is 10. The second-order valence-corrected chi connectivity index (χ2v) is 27.8. The predicted octanol–water partition coefficient (Wildman–Crippen LogP) is -3.21. The zero-order valence-electron chi connectivity index (χ0n) is 54.1. The maximum absolute atomic E-state index is 14.6. The number of hydrogen-bond donors (Lipinski definition) is 11. The third kappa shape index (κ3) is 14.3. The van der Waals surface area contributed by atoms with E-state index in [2.05, 4.69) is 59.8 Å². The molecule has 9 aromatic heterocycles. The van der Waals surface area contributed by atoms with E-state index in [-0.39, 0.29) is 125 Å². The first-order chi connectivity index (χ1) is 50.0. The molecule has 0 bridgehead atoms. The molecule has 6 aliphatic heterocycles. The van der Waals surface area contributed by atoms with Crippen molar-refractivity contribution in [1.29, 1.82) is 0 Å². The van der Waals surface area contributed by atoms with Gasteiger partial charge in [-0.3, -0.25) is 65.8 Å². The Hall–Kier alpha value is -8.95. The Labute approximate surface area is 593 Å². The van der Waals surface area contributed by atoms with Gasteiger partial charge >= 0.3 is 24.9 Å². The molecule has 9 aromatic rings. The van der Waals surface area contributed by atoms with Crippen LogP contribution in [0.5, 0.6) is 0 Å². The number of hydrogen-bond acceptors (Lipinski definition) is 35. The Kier molecular flexibility index (Phi) is 19.6. The van der Waals surface area contributed by atoms with Crippen molar-refractivity contribution in [3.8, 4) is 0 Å². The molecule has 15 rings (SSSR count). The highest BCUT2D eigenvalue weighted by atomic mass is 127. The van der Waals surface area contributed by atoms with Gasteiger partial charge in [-0.05, 0) is 34.7 Å². The molecule has 16 N–H and O–H groups in total. The van der Waals surface area contributed by atoms with Gasteiger partial charge in [0.05, 0.1) is 92.7 Å². The summed E-state index contributed by atoms with van der Waals surface area (Å²) in [5.41, 5.74) is 26.1. The van der Waals surface area contributed by atoms with Crippen LogP contribution in [0.15, 0.2) is 84.8 Å². The number of imidazole rings is 3. The van der Waals surface area contributed by atoms with E-state index in [1.54, 1.807) is 27.2 Å². The maximum Gasteiger partial charge on any atom is 0.472 e. The van der Waals surface area contributed by atoms with Crippen molar-refractivity contribution >= 4 is 93.3 Å². The summed E-state index contributed by atoms with van der Waals surface area (Å²) < 4.78 is 99.0. The predicted molar refractivity (Wildman–Crippen MR) is 359 cm³/mol. The van der Waals surface area contributed by atoms with Crippen LogP contribution < -0.4 is 62.4 Å². The summed E-state index contributed by atoms with van der Waals surface area (Å²) in [5.74, 6) is -0.316. The monoisotopic (exact) mass is 1580 g/mol. The highest BCUT2D eigenvalue weighted by Crippen LogP contribution is 2.50. The molecule has 0 spiro atoms. The lowest BCUT2D eigenvalue weighted by Crippen LogP contribution is -2.38. The zero-order valence-corrected chi connectivity index (χ0v) is 57.1. The van der Waals surface area contributed by atoms with Crippen LogP contribution >= 0.6 is 30.4 Å². The molecule has 0 aliphatic carbocycles. The quantitative estimate of drug-likeness (QED) is 0.0210. The van der Waals surface area contributed by atoms with Gasteiger partial charge in [0.15, 0.2) is 33.8 Å². The first-order valence-electron chi connectivity index (χ1n) is 32.4. The molecule has 19 atom stereocenters. The van der Waals surface area contributed by atoms with E-state index >= 15 is 0 Å². The van der Waals surface area contributed by atoms with Crippen LogP contribution in [0.3, 0.4) is 0 Å². The summed E-state index contributed by atoms with van der Waals surface area (Å²) in [4.78, 5) is 134. The molecule has 0 radical (unpaired) electrons. The van der Waals surface area contributed by atoms with Crippen LogP contribution in [0.4, 0.5) is 29.4 Å². The molecule has 45 nitrogen and oxygen atoms in total. The summed E-state index contributed by atoms with van der Waals surface area (Å²) in [5, 5.41) is 21.7. The number of aliphatic hydroxyl groups is 2. The fourth-order valence-electron chi connectivity index (χ4n) is 13.6. The van der Waals surface area contributed by atoms with Crippen molar-refractivity contribution in [3.63, 3.8) is 0 Å². The van der Waals surface area contributed by atoms with Gasteiger partial charge < -0.3 is 91.1 Å². The fraction of sp³-hybridized carbons (Fsp3) is 0.526. The molecule has 554 valence electrons. The Balaban J connectivity index is 0.666. The number of halogens is 1. The molecule has 0 aromatic carbocycles. The molecule has 104 heavy (non-hydrogen) atoms. The van der Waals surface area contributed by atoms with Crippen molar-refractivity contribution in [3.05, 3.63) is 122 Å². The minimum Gasteiger partial charge on any atom is -0.394 e. The molecule has 6 fully saturated rings. The number of phosphoric ester groups is 1. The summed E-state index contributed by atoms with van der Waals surface area (Å²) >= 11 is 1.73. The number of nitrogens with two attached hydrogens (primary N) is 5. The number of aromatic amines is 3. The zero-order chi connectivity index (χ0) is 72.6. The molecule has 47 heteroatoms. The van der Waals surface area contributed by atoms with Crippen LogP contribution in [0, 0.1) is 3.57 Å². The third-order valence-corrected chi connectivity index (χ3v) is 20.4. The lowest BCUT2D eigenvalue weighted by Gasteiger charge is -2.26. The molecule has 6 aliphatic rings. The number of phosphoric acid groups is 1. The van der Waals surface area contributed by atoms with Crippen LogP contribution in [0.25, 0.3) is 33.5 Å². The molecular formula is C57H67IN23O22P. The highest BCUT2D eigenvalue weighted by molar-refractivity contribution is 14.1. The van der Waals surface area contributed by atoms with E-state index in [4.69, 9.17) is 85.1 Å². The summed E-state index contributed by atoms with van der Waals surface area (Å²) in [6.45, 7) is -2.35. The van der Waals surface area contributed by atoms with Crippen molar-refractivity contribution in [2.24, 2.45) is 0 Å². The number of fused-ring (bicyclic) bond motifs is 3. The standard InChI is InChI=1S/C57H67IN23O22P/c58-22-11-78(57(89)75-50(22)84)40-10-28(33(101-40)16-95-26-8-42(81-21-68-45-49(81)72-54(63)74-52(45)86)100-32(26)14-93-24-6-38(97-29(24)12-82)76-3-1-35(59)69-55(76)87)103-104(90,91)96-17-34-27(9-41(102-34)79-19-66-43-46(61)64-18-65-47(43)79)94-15-31-25(7-39(99-31)77-4-2-36(60)70-56(77)88)92-13-30-23(83)5-37(98-30)80-20-67-44-48(80)71-53(62)73-51(44)85/h1-4,11,18-21,23-34,37-42,82-83H,5-10,12-17H2,(H,90,91)(H2,59,69,87)(H2,60,70,88)(H2,61,64,65)(H,75,84,89)(H3,62,71,73,85)(H3,63,72,74,86)/t23-,24-,25-,26-,27-,28-,29+,30+,31+,32+,33+,34+,37+,38+,39+,40+,41+,42+/m0/s1. The van der Waals surface area contributed by atoms with E-state index in [1.165, 1.54) is 74.3 Å². The van der Waals surface area contributed by atoms with Gasteiger partial charge in [0.2, 0.25) is 11.9 Å². The molecular weight excluding hydrogens is 1520 g/mol. The van der Waals surface area contributed by atoms with Gasteiger partial charge in [0.25, 0.3) is 16.7 Å². The second kappa shape index (κ2) is 28.8. The Morgan fingerprint density at radius 2 is 0.923 bits per heavy atom. The minimum absolute atomic E-state index is 0.00525. The van der Waals surface area contributed by atoms with Crippen molar-refractivity contribution < 1.29 is 76.1 Å². The average Bonchev–Trinajstić information content (AvgIpc) is 1.64. The molecule has 15 heterocycles. The fourth-order valence-corrected chi connectivity index (χ4v) is 15.0. The first-order valence-corrected chi connectivity index (χ1v) is 35.0. The maximum atomic E-state index is 14.6. The number of aliphatic hydroxyl groups excluding tert-OH is 2. The SMILES string of the molecule is Nc1ccn([C@H]2C[C@H](OC[C@H]3O[C@@H](n4cnc5c(=O)[nH]c(N)nc54)C[C@@H]3OC[C@H]3O[C@@H](n4cc(I)c(=O)[nH]c4=O)C[C@@H]3OP(=O)(O)OC[C@H]3O[C@@H](n4cnc5c(N)ncnc54)C[C@@H]3OC[C@H]3O[C@@H](n4ccc(N)nc4=O)C[C@@H]3OC[C@H]3O[C@@H](n4cnc5c(=O)[nH]c(N)nc54)C[C@@H]3O)[C@@H](CO)O2)c(=O)n1. The minimum atomic E-state index is -5.29. The number of anilines is 5. The van der Waals surface area contributed by atoms with Crippen LogP contribution in [-0.4, -0.2) is 215 Å². The number of nitrogens with zero attached hydrogens (tertiary/aromatic N) is 15.